The molecule has 0 amide bonds. The Kier molecular flexibility index (Phi) is 5.19. The first-order valence-electron chi connectivity index (χ1n) is 6.03. The van der Waals surface area contributed by atoms with Crippen LogP contribution < -0.4 is 0 Å². The Morgan fingerprint density at radius 1 is 0.947 bits per heavy atom. The van der Waals surface area contributed by atoms with Gasteiger partial charge in [-0.05, 0) is 42.7 Å². The van der Waals surface area contributed by atoms with E-state index >= 15 is 0 Å². The molecule has 0 aliphatic carbocycles. The van der Waals surface area contributed by atoms with Crippen molar-refractivity contribution < 1.29 is 4.79 Å². The van der Waals surface area contributed by atoms with Crippen LogP contribution in [0.25, 0.3) is 0 Å². The Morgan fingerprint density at radius 2 is 1.53 bits per heavy atom. The minimum Gasteiger partial charge on any atom is -0.295 e. The van der Waals surface area contributed by atoms with Gasteiger partial charge in [0.2, 0.25) is 0 Å². The van der Waals surface area contributed by atoms with Crippen molar-refractivity contribution in [3.8, 4) is 35.1 Å². The summed E-state index contributed by atoms with van der Waals surface area (Å²) in [5.41, 5.74) is 4.69. The van der Waals surface area contributed by atoms with Crippen molar-refractivity contribution >= 4 is 13.9 Å². The molecule has 0 fully saturated rings. The third-order valence-corrected chi connectivity index (χ3v) is 3.00. The predicted molar refractivity (Wildman–Crippen MR) is 82.2 cm³/mol. The zero-order chi connectivity index (χ0) is 14.3. The molecule has 0 saturated carbocycles. The second-order valence-corrected chi connectivity index (χ2v) is 9.88. The SMILES string of the molecule is CC(=O)c1ccc(C#CC#CC#C[Si](C)(C)C)cc1. The highest BCUT2D eigenvalue weighted by atomic mass is 28.3. The predicted octanol–water partition coefficient (Wildman–Crippen LogP) is 3.12. The van der Waals surface area contributed by atoms with Crippen LogP contribution in [-0.4, -0.2) is 13.9 Å². The van der Waals surface area contributed by atoms with Gasteiger partial charge in [-0.25, -0.2) is 0 Å². The Hall–Kier alpha value is -2.21. The summed E-state index contributed by atoms with van der Waals surface area (Å²) in [5, 5.41) is 0. The third kappa shape index (κ3) is 6.32. The van der Waals surface area contributed by atoms with Crippen LogP contribution in [0.1, 0.15) is 22.8 Å². The van der Waals surface area contributed by atoms with Gasteiger partial charge in [0.15, 0.2) is 5.78 Å². The van der Waals surface area contributed by atoms with Crippen LogP contribution in [0.5, 0.6) is 0 Å². The number of carbonyl (C=O) groups excluding carboxylic acids is 1. The van der Waals surface area contributed by atoms with Gasteiger partial charge in [-0.2, -0.15) is 0 Å². The van der Waals surface area contributed by atoms with Gasteiger partial charge in [-0.15, -0.1) is 5.54 Å². The minimum absolute atomic E-state index is 0.0564. The molecule has 94 valence electrons. The summed E-state index contributed by atoms with van der Waals surface area (Å²) >= 11 is 0. The second kappa shape index (κ2) is 6.65. The topological polar surface area (TPSA) is 17.1 Å². The molecule has 1 nitrogen and oxygen atoms in total. The molecule has 1 rings (SSSR count). The van der Waals surface area contributed by atoms with Crippen LogP contribution in [0.3, 0.4) is 0 Å². The molecule has 0 atom stereocenters. The molecule has 0 aliphatic heterocycles. The van der Waals surface area contributed by atoms with E-state index in [1.165, 1.54) is 0 Å². The lowest BCUT2D eigenvalue weighted by Gasteiger charge is -2.01. The zero-order valence-electron chi connectivity index (χ0n) is 11.7. The van der Waals surface area contributed by atoms with Crippen LogP contribution in [0.2, 0.25) is 19.6 Å². The van der Waals surface area contributed by atoms with Gasteiger partial charge >= 0.3 is 0 Å². The lowest BCUT2D eigenvalue weighted by atomic mass is 10.1. The molecule has 1 aromatic carbocycles. The average Bonchev–Trinajstić information content (AvgIpc) is 2.33. The second-order valence-electron chi connectivity index (χ2n) is 5.13. The zero-order valence-corrected chi connectivity index (χ0v) is 12.7. The number of carbonyl (C=O) groups is 1. The molecule has 0 aliphatic rings. The van der Waals surface area contributed by atoms with Gasteiger partial charge in [0.05, 0.1) is 0 Å². The number of hydrogen-bond donors (Lipinski definition) is 0. The monoisotopic (exact) mass is 264 g/mol. The fraction of sp³-hybridized carbons (Fsp3) is 0.235. The van der Waals surface area contributed by atoms with E-state index in [-0.39, 0.29) is 5.78 Å². The van der Waals surface area contributed by atoms with Crippen LogP contribution in [0.4, 0.5) is 0 Å². The Balaban J connectivity index is 2.71. The maximum absolute atomic E-state index is 11.1. The van der Waals surface area contributed by atoms with Crippen LogP contribution in [0.15, 0.2) is 24.3 Å². The molecule has 0 N–H and O–H groups in total. The normalized spacial score (nSPS) is 9.05. The number of rotatable bonds is 1. The van der Waals surface area contributed by atoms with E-state index in [1.807, 2.05) is 12.1 Å². The molecule has 0 bridgehead atoms. The summed E-state index contributed by atoms with van der Waals surface area (Å²) < 4.78 is 0. The highest BCUT2D eigenvalue weighted by Crippen LogP contribution is 2.03. The fourth-order valence-corrected chi connectivity index (χ4v) is 1.61. The van der Waals surface area contributed by atoms with E-state index in [9.17, 15) is 4.79 Å². The van der Waals surface area contributed by atoms with Crippen molar-refractivity contribution in [2.75, 3.05) is 0 Å². The standard InChI is InChI=1S/C17H16OSi/c1-15(18)17-12-10-16(11-13-17)9-7-5-6-8-14-19(2,3)4/h10-13H,1-4H3. The van der Waals surface area contributed by atoms with E-state index < -0.39 is 8.07 Å². The van der Waals surface area contributed by atoms with Crippen molar-refractivity contribution in [1.82, 2.24) is 0 Å². The Morgan fingerprint density at radius 3 is 2.05 bits per heavy atom. The van der Waals surface area contributed by atoms with Crippen molar-refractivity contribution in [2.24, 2.45) is 0 Å². The van der Waals surface area contributed by atoms with Gasteiger partial charge in [0.1, 0.15) is 8.07 Å². The van der Waals surface area contributed by atoms with Crippen LogP contribution in [0, 0.1) is 35.1 Å². The van der Waals surface area contributed by atoms with Gasteiger partial charge < -0.3 is 0 Å². The van der Waals surface area contributed by atoms with E-state index in [0.717, 1.165) is 5.56 Å². The maximum Gasteiger partial charge on any atom is 0.159 e. The van der Waals surface area contributed by atoms with Crippen LogP contribution >= 0.6 is 0 Å². The molecule has 19 heavy (non-hydrogen) atoms. The molecular weight excluding hydrogens is 248 g/mol. The van der Waals surface area contributed by atoms with E-state index in [4.69, 9.17) is 0 Å². The minimum atomic E-state index is -1.34. The molecule has 0 spiro atoms. The smallest absolute Gasteiger partial charge is 0.159 e. The average molecular weight is 264 g/mol. The van der Waals surface area contributed by atoms with Crippen molar-refractivity contribution in [2.45, 2.75) is 26.6 Å². The van der Waals surface area contributed by atoms with Crippen LogP contribution in [-0.2, 0) is 0 Å². The fourth-order valence-electron chi connectivity index (χ4n) is 1.17. The quantitative estimate of drug-likeness (QED) is 0.433. The van der Waals surface area contributed by atoms with Crippen molar-refractivity contribution in [1.29, 1.82) is 0 Å². The molecule has 1 aromatic rings. The Bertz CT molecular complexity index is 641. The van der Waals surface area contributed by atoms with Gasteiger partial charge in [0.25, 0.3) is 0 Å². The lowest BCUT2D eigenvalue weighted by molar-refractivity contribution is 0.101. The first-order chi connectivity index (χ1) is 8.88. The highest BCUT2D eigenvalue weighted by Gasteiger charge is 2.06. The molecule has 0 heterocycles. The molecule has 0 saturated heterocycles. The largest absolute Gasteiger partial charge is 0.295 e. The van der Waals surface area contributed by atoms with Crippen molar-refractivity contribution in [3.05, 3.63) is 35.4 Å². The molecular formula is C17H16OSi. The summed E-state index contributed by atoms with van der Waals surface area (Å²) in [7, 11) is -1.34. The summed E-state index contributed by atoms with van der Waals surface area (Å²) in [6.45, 7) is 8.06. The van der Waals surface area contributed by atoms with Crippen molar-refractivity contribution in [3.63, 3.8) is 0 Å². The number of Topliss-reactive ketones (excluding diaryl/α,β-unsaturated/α-hetero) is 1. The van der Waals surface area contributed by atoms with E-state index in [0.29, 0.717) is 5.56 Å². The van der Waals surface area contributed by atoms with E-state index in [1.54, 1.807) is 19.1 Å². The lowest BCUT2D eigenvalue weighted by Crippen LogP contribution is -2.16. The number of benzene rings is 1. The summed E-state index contributed by atoms with van der Waals surface area (Å²) in [6, 6.07) is 7.17. The molecule has 0 radical (unpaired) electrons. The first kappa shape index (κ1) is 14.8. The summed E-state index contributed by atoms with van der Waals surface area (Å²) in [4.78, 5) is 11.1. The Labute approximate surface area is 116 Å². The highest BCUT2D eigenvalue weighted by molar-refractivity contribution is 6.83. The maximum atomic E-state index is 11.1. The number of ketones is 1. The molecule has 0 unspecified atom stereocenters. The number of hydrogen-bond acceptors (Lipinski definition) is 1. The van der Waals surface area contributed by atoms with Gasteiger partial charge in [-0.1, -0.05) is 37.7 Å². The molecule has 0 aromatic heterocycles. The van der Waals surface area contributed by atoms with E-state index in [2.05, 4.69) is 54.8 Å². The summed E-state index contributed by atoms with van der Waals surface area (Å²) in [5.74, 6) is 14.0. The van der Waals surface area contributed by atoms with Gasteiger partial charge in [-0.3, -0.25) is 4.79 Å². The van der Waals surface area contributed by atoms with Gasteiger partial charge in [0, 0.05) is 11.1 Å². The first-order valence-corrected chi connectivity index (χ1v) is 9.53. The summed E-state index contributed by atoms with van der Waals surface area (Å²) in [6.07, 6.45) is 0. The third-order valence-electron chi connectivity index (χ3n) is 2.12. The molecule has 2 heteroatoms.